The Labute approximate surface area is 419 Å². The van der Waals surface area contributed by atoms with Gasteiger partial charge >= 0.3 is 0 Å². The first kappa shape index (κ1) is 53.5. The lowest BCUT2D eigenvalue weighted by molar-refractivity contribution is -0.301. The normalized spacial score (nSPS) is 25.9. The van der Waals surface area contributed by atoms with Gasteiger partial charge in [-0.15, -0.1) is 10.2 Å². The average Bonchev–Trinajstić information content (AvgIpc) is 3.64. The van der Waals surface area contributed by atoms with E-state index in [4.69, 9.17) is 30.4 Å². The Hall–Kier alpha value is -6.75. The Bertz CT molecular complexity index is 2730. The minimum atomic E-state index is -1.62. The minimum absolute atomic E-state index is 0.0239. The molecule has 2 aliphatic heterocycles. The molecule has 6 heterocycles. The molecule has 0 bridgehead atoms. The number of nitrogen functional groups attached to an aromatic ring is 2. The molecule has 8 rings (SSSR count). The van der Waals surface area contributed by atoms with Gasteiger partial charge in [0.15, 0.2) is 29.6 Å². The highest BCUT2D eigenvalue weighted by atomic mass is 16.7. The molecular weight excluding hydrogens is 981 g/mol. The van der Waals surface area contributed by atoms with Crippen molar-refractivity contribution in [3.05, 3.63) is 65.0 Å². The highest BCUT2D eigenvalue weighted by Gasteiger charge is 2.46. The SMILES string of the molecule is CN(Cc1cnc2nc(N)nc(N)c2n1)c1ccc(C(=O)NC(CCC(=O)NCc2cn(CCOC3OCC(CO)C(O)C(O)C3O)nn2)C(=O)NC2c3nnn(CCOC4OC(CO)[C@@H](O)C(O)C4O)c32)cc1. The molecule has 0 spiro atoms. The molecule has 15 N–H and O–H groups in total. The Morgan fingerprint density at radius 3 is 2.35 bits per heavy atom. The molecule has 11 unspecified atom stereocenters. The Morgan fingerprint density at radius 1 is 0.865 bits per heavy atom. The predicted molar refractivity (Wildman–Crippen MR) is 249 cm³/mol. The molecule has 2 fully saturated rings. The lowest BCUT2D eigenvalue weighted by Gasteiger charge is -2.39. The van der Waals surface area contributed by atoms with Crippen molar-refractivity contribution >= 4 is 46.3 Å². The van der Waals surface area contributed by atoms with E-state index < -0.39 is 104 Å². The van der Waals surface area contributed by atoms with Gasteiger partial charge in [-0.1, -0.05) is 10.4 Å². The topological polar surface area (TPSA) is 454 Å². The van der Waals surface area contributed by atoms with Crippen LogP contribution in [0, 0.1) is 5.92 Å². The first-order chi connectivity index (χ1) is 35.5. The molecule has 400 valence electrons. The van der Waals surface area contributed by atoms with Gasteiger partial charge in [-0.05, 0) is 30.7 Å². The van der Waals surface area contributed by atoms with Crippen LogP contribution in [0.1, 0.15) is 52.0 Å². The number of hydrogen-bond acceptors (Lipinski definition) is 26. The fourth-order valence-electron chi connectivity index (χ4n) is 8.23. The zero-order chi connectivity index (χ0) is 52.8. The summed E-state index contributed by atoms with van der Waals surface area (Å²) in [7, 11) is 1.81. The molecule has 5 aromatic rings. The number of carbonyl (C=O) groups excluding carboxylic acids is 3. The molecule has 1 aliphatic carbocycles. The molecule has 4 aromatic heterocycles. The van der Waals surface area contributed by atoms with Crippen LogP contribution in [0.25, 0.3) is 11.2 Å². The summed E-state index contributed by atoms with van der Waals surface area (Å²) in [5, 5.41) is 105. The zero-order valence-corrected chi connectivity index (χ0v) is 39.7. The van der Waals surface area contributed by atoms with Gasteiger partial charge < -0.3 is 92.1 Å². The van der Waals surface area contributed by atoms with Crippen LogP contribution in [0.15, 0.2) is 36.7 Å². The number of rotatable bonds is 22. The van der Waals surface area contributed by atoms with Crippen LogP contribution in [-0.4, -0.2) is 210 Å². The third kappa shape index (κ3) is 12.4. The van der Waals surface area contributed by atoms with Gasteiger partial charge in [0.25, 0.3) is 5.91 Å². The average molecular weight is 1040 g/mol. The molecule has 3 amide bonds. The molecule has 3 aliphatic rings. The molecule has 1 aromatic carbocycles. The number of hydrogen-bond donors (Lipinski definition) is 13. The van der Waals surface area contributed by atoms with E-state index in [1.807, 2.05) is 11.9 Å². The van der Waals surface area contributed by atoms with Gasteiger partial charge in [0, 0.05) is 30.6 Å². The molecule has 12 atom stereocenters. The van der Waals surface area contributed by atoms with Crippen molar-refractivity contribution < 1.29 is 74.2 Å². The maximum Gasteiger partial charge on any atom is 0.251 e. The summed E-state index contributed by atoms with van der Waals surface area (Å²) in [6.07, 6.45) is -10.5. The molecule has 0 radical (unpaired) electrons. The zero-order valence-electron chi connectivity index (χ0n) is 39.7. The van der Waals surface area contributed by atoms with Gasteiger partial charge in [0.2, 0.25) is 17.8 Å². The quantitative estimate of drug-likeness (QED) is 0.0307. The summed E-state index contributed by atoms with van der Waals surface area (Å²) in [5.74, 6) is -2.47. The van der Waals surface area contributed by atoms with E-state index in [0.717, 1.165) is 0 Å². The summed E-state index contributed by atoms with van der Waals surface area (Å²) >= 11 is 0. The number of ether oxygens (including phenoxy) is 4. The monoisotopic (exact) mass is 1040 g/mol. The van der Waals surface area contributed by atoms with Crippen molar-refractivity contribution in [3.8, 4) is 0 Å². The van der Waals surface area contributed by atoms with Crippen molar-refractivity contribution in [2.75, 3.05) is 56.4 Å². The maximum absolute atomic E-state index is 13.9. The third-order valence-corrected chi connectivity index (χ3v) is 12.6. The van der Waals surface area contributed by atoms with Crippen LogP contribution < -0.4 is 32.3 Å². The fraction of sp³-hybridized carbons (Fsp3) is 0.558. The number of aromatic nitrogens is 10. The number of benzene rings is 1. The van der Waals surface area contributed by atoms with E-state index in [-0.39, 0.29) is 75.3 Å². The number of aliphatic hydroxyl groups excluding tert-OH is 8. The van der Waals surface area contributed by atoms with Gasteiger partial charge in [0.1, 0.15) is 60.1 Å². The summed E-state index contributed by atoms with van der Waals surface area (Å²) in [4.78, 5) is 59.6. The van der Waals surface area contributed by atoms with Gasteiger partial charge in [0.05, 0.1) is 89.1 Å². The second kappa shape index (κ2) is 23.6. The van der Waals surface area contributed by atoms with Gasteiger partial charge in [-0.3, -0.25) is 14.4 Å². The Balaban J connectivity index is 0.861. The molecule has 74 heavy (non-hydrogen) atoms. The fourth-order valence-corrected chi connectivity index (χ4v) is 8.23. The number of carbonyl (C=O) groups is 3. The Morgan fingerprint density at radius 2 is 1.59 bits per heavy atom. The van der Waals surface area contributed by atoms with Crippen LogP contribution in [0.2, 0.25) is 0 Å². The van der Waals surface area contributed by atoms with Crippen LogP contribution in [0.3, 0.4) is 0 Å². The largest absolute Gasteiger partial charge is 0.396 e. The van der Waals surface area contributed by atoms with Gasteiger partial charge in [-0.2, -0.15) is 9.97 Å². The molecule has 0 saturated carbocycles. The lowest BCUT2D eigenvalue weighted by Crippen LogP contribution is -2.59. The molecule has 31 heteroatoms. The van der Waals surface area contributed by atoms with E-state index in [9.17, 15) is 55.2 Å². The second-order valence-electron chi connectivity index (χ2n) is 17.8. The van der Waals surface area contributed by atoms with Crippen LogP contribution in [-0.2, 0) is 54.7 Å². The Kier molecular flexibility index (Phi) is 17.1. The maximum atomic E-state index is 13.9. The third-order valence-electron chi connectivity index (χ3n) is 12.6. The summed E-state index contributed by atoms with van der Waals surface area (Å²) in [6.45, 7) is -0.980. The van der Waals surface area contributed by atoms with Crippen LogP contribution >= 0.6 is 0 Å². The first-order valence-corrected chi connectivity index (χ1v) is 23.4. The summed E-state index contributed by atoms with van der Waals surface area (Å²) in [5.41, 5.74) is 15.0. The van der Waals surface area contributed by atoms with E-state index in [0.29, 0.717) is 40.5 Å². The van der Waals surface area contributed by atoms with E-state index in [2.05, 4.69) is 56.5 Å². The van der Waals surface area contributed by atoms with Crippen molar-refractivity contribution in [2.45, 2.75) is 106 Å². The molecular formula is C43H58N16O15. The highest BCUT2D eigenvalue weighted by Crippen LogP contribution is 2.38. The molecule has 2 saturated heterocycles. The van der Waals surface area contributed by atoms with Crippen LogP contribution in [0.4, 0.5) is 17.5 Å². The number of amides is 3. The summed E-state index contributed by atoms with van der Waals surface area (Å²) < 4.78 is 24.8. The van der Waals surface area contributed by atoms with Crippen LogP contribution in [0.5, 0.6) is 0 Å². The highest BCUT2D eigenvalue weighted by molar-refractivity contribution is 5.98. The second-order valence-corrected chi connectivity index (χ2v) is 17.8. The predicted octanol–water partition coefficient (Wildman–Crippen LogP) is -6.30. The number of aliphatic hydroxyl groups is 8. The number of nitrogens with two attached hydrogens (primary N) is 2. The number of anilines is 3. The van der Waals surface area contributed by atoms with Crippen molar-refractivity contribution in [3.63, 3.8) is 0 Å². The molecule has 31 nitrogen and oxygen atoms in total. The smallest absolute Gasteiger partial charge is 0.251 e. The van der Waals surface area contributed by atoms with Crippen molar-refractivity contribution in [2.24, 2.45) is 5.92 Å². The van der Waals surface area contributed by atoms with Crippen molar-refractivity contribution in [1.29, 1.82) is 0 Å². The summed E-state index contributed by atoms with van der Waals surface area (Å²) in [6, 6.07) is 4.62. The number of nitrogens with one attached hydrogen (secondary N) is 3. The minimum Gasteiger partial charge on any atom is -0.396 e. The lowest BCUT2D eigenvalue weighted by atomic mass is 9.97. The number of nitrogens with zero attached hydrogens (tertiary/aromatic N) is 11. The number of fused-ring (bicyclic) bond motifs is 2. The van der Waals surface area contributed by atoms with Crippen molar-refractivity contribution in [1.82, 2.24) is 65.9 Å². The first-order valence-electron chi connectivity index (χ1n) is 23.4. The standard InChI is InChI=1S/C43H58N16O15/c1-57(14-21-12-47-38-29(48-21)37(44)51-43(45)52-38)23-4-2-19(3-5-23)39(69)49-24(40(70)50-27-28-30(27)59(56-54-28)9-11-72-42-36(68)34(66)32(64)25(17-61)74-42)6-7-26(62)46-13-22-15-58(55-53-22)8-10-71-41-35(67)33(65)31(63)20(16-60)18-73-41/h2-5,12,15,20,24-25,27,31-36,41-42,60-61,63-68H,6-11,13-14,16-18H2,1H3,(H,46,62)(H,49,69)(H,50,70)(H4,44,45,47,51,52)/t20?,24?,25?,27?,31?,32-,33?,34?,35?,36?,41?,42?/m1/s1. The van der Waals surface area contributed by atoms with E-state index in [1.54, 1.807) is 24.3 Å². The van der Waals surface area contributed by atoms with E-state index >= 15 is 0 Å². The van der Waals surface area contributed by atoms with Gasteiger partial charge in [-0.25, -0.2) is 19.3 Å². The van der Waals surface area contributed by atoms with E-state index in [1.165, 1.54) is 21.8 Å².